The molecule has 1 aromatic heterocycles. The average molecular weight is 274 g/mol. The highest BCUT2D eigenvalue weighted by atomic mass is 35.5. The molecule has 0 saturated carbocycles. The molecule has 7 heteroatoms. The van der Waals surface area contributed by atoms with Gasteiger partial charge in [-0.05, 0) is 31.4 Å². The van der Waals surface area contributed by atoms with Crippen LogP contribution in [0.5, 0.6) is 0 Å². The third-order valence-electron chi connectivity index (χ3n) is 2.31. The molecule has 0 atom stereocenters. The molecule has 0 unspecified atom stereocenters. The standard InChI is InChI=1S/C11H20ClN5O/c1-2-13-10-15-9(12)16-11(17-10)14-7-5-3-4-6-8-18/h18H,2-8H2,1H3,(H2,13,14,15,16,17). The van der Waals surface area contributed by atoms with E-state index >= 15 is 0 Å². The summed E-state index contributed by atoms with van der Waals surface area (Å²) in [5.74, 6) is 0.980. The normalized spacial score (nSPS) is 10.4. The van der Waals surface area contributed by atoms with Crippen LogP contribution in [-0.4, -0.2) is 39.8 Å². The molecule has 102 valence electrons. The van der Waals surface area contributed by atoms with Gasteiger partial charge in [-0.15, -0.1) is 0 Å². The van der Waals surface area contributed by atoms with Gasteiger partial charge in [0.25, 0.3) is 0 Å². The first-order valence-electron chi connectivity index (χ1n) is 6.26. The number of aliphatic hydroxyl groups is 1. The van der Waals surface area contributed by atoms with E-state index in [0.717, 1.165) is 38.8 Å². The van der Waals surface area contributed by atoms with Crippen LogP contribution in [0.1, 0.15) is 32.6 Å². The molecule has 0 saturated heterocycles. The maximum atomic E-state index is 8.65. The number of nitrogens with zero attached hydrogens (tertiary/aromatic N) is 3. The summed E-state index contributed by atoms with van der Waals surface area (Å²) in [5.41, 5.74) is 0. The predicted octanol–water partition coefficient (Wildman–Crippen LogP) is 1.92. The van der Waals surface area contributed by atoms with Crippen molar-refractivity contribution in [1.29, 1.82) is 0 Å². The second-order valence-electron chi connectivity index (χ2n) is 3.85. The average Bonchev–Trinajstić information content (AvgIpc) is 2.33. The van der Waals surface area contributed by atoms with Crippen LogP contribution in [0.15, 0.2) is 0 Å². The Balaban J connectivity index is 2.32. The van der Waals surface area contributed by atoms with E-state index in [9.17, 15) is 0 Å². The Labute approximate surface area is 112 Å². The fourth-order valence-corrected chi connectivity index (χ4v) is 1.62. The number of rotatable bonds is 9. The minimum Gasteiger partial charge on any atom is -0.396 e. The molecule has 1 aromatic rings. The number of aliphatic hydroxyl groups excluding tert-OH is 1. The third-order valence-corrected chi connectivity index (χ3v) is 2.48. The summed E-state index contributed by atoms with van der Waals surface area (Å²) in [7, 11) is 0. The summed E-state index contributed by atoms with van der Waals surface area (Å²) in [6.07, 6.45) is 3.99. The van der Waals surface area contributed by atoms with Gasteiger partial charge >= 0.3 is 0 Å². The van der Waals surface area contributed by atoms with Crippen LogP contribution in [0.3, 0.4) is 0 Å². The second-order valence-corrected chi connectivity index (χ2v) is 4.18. The molecule has 0 aliphatic carbocycles. The molecular weight excluding hydrogens is 254 g/mol. The van der Waals surface area contributed by atoms with Gasteiger partial charge in [0.15, 0.2) is 0 Å². The van der Waals surface area contributed by atoms with Gasteiger partial charge in [-0.3, -0.25) is 0 Å². The molecule has 0 bridgehead atoms. The molecule has 0 fully saturated rings. The van der Waals surface area contributed by atoms with E-state index < -0.39 is 0 Å². The maximum absolute atomic E-state index is 8.65. The lowest BCUT2D eigenvalue weighted by Gasteiger charge is -2.07. The lowest BCUT2D eigenvalue weighted by molar-refractivity contribution is 0.283. The number of hydrogen-bond donors (Lipinski definition) is 3. The van der Waals surface area contributed by atoms with Gasteiger partial charge in [0, 0.05) is 19.7 Å². The first-order chi connectivity index (χ1) is 8.76. The van der Waals surface area contributed by atoms with E-state index in [0.29, 0.717) is 11.9 Å². The minimum atomic E-state index is 0.184. The lowest BCUT2D eigenvalue weighted by Crippen LogP contribution is -2.09. The SMILES string of the molecule is CCNc1nc(Cl)nc(NCCCCCCO)n1. The van der Waals surface area contributed by atoms with E-state index in [1.165, 1.54) is 0 Å². The topological polar surface area (TPSA) is 83.0 Å². The summed E-state index contributed by atoms with van der Waals surface area (Å²) in [5, 5.41) is 14.9. The largest absolute Gasteiger partial charge is 0.396 e. The van der Waals surface area contributed by atoms with Crippen molar-refractivity contribution in [3.05, 3.63) is 5.28 Å². The summed E-state index contributed by atoms with van der Waals surface area (Å²) >= 11 is 5.80. The van der Waals surface area contributed by atoms with Crippen LogP contribution < -0.4 is 10.6 Å². The molecule has 6 nitrogen and oxygen atoms in total. The molecule has 0 aliphatic heterocycles. The van der Waals surface area contributed by atoms with Gasteiger partial charge in [0.05, 0.1) is 0 Å². The van der Waals surface area contributed by atoms with Crippen LogP contribution in [-0.2, 0) is 0 Å². The number of nitrogens with one attached hydrogen (secondary N) is 2. The van der Waals surface area contributed by atoms with Gasteiger partial charge in [0.2, 0.25) is 17.2 Å². The van der Waals surface area contributed by atoms with E-state index in [4.69, 9.17) is 16.7 Å². The lowest BCUT2D eigenvalue weighted by atomic mass is 10.2. The zero-order valence-electron chi connectivity index (χ0n) is 10.6. The number of hydrogen-bond acceptors (Lipinski definition) is 6. The molecule has 3 N–H and O–H groups in total. The number of halogens is 1. The second kappa shape index (κ2) is 8.88. The van der Waals surface area contributed by atoms with E-state index in [-0.39, 0.29) is 11.9 Å². The molecule has 0 radical (unpaired) electrons. The molecule has 18 heavy (non-hydrogen) atoms. The molecule has 1 heterocycles. The Bertz CT molecular complexity index is 350. The zero-order valence-corrected chi connectivity index (χ0v) is 11.4. The monoisotopic (exact) mass is 273 g/mol. The molecule has 0 aromatic carbocycles. The number of unbranched alkanes of at least 4 members (excludes halogenated alkanes) is 3. The Morgan fingerprint density at radius 2 is 1.67 bits per heavy atom. The van der Waals surface area contributed by atoms with Crippen LogP contribution >= 0.6 is 11.6 Å². The van der Waals surface area contributed by atoms with Crippen molar-refractivity contribution < 1.29 is 5.11 Å². The van der Waals surface area contributed by atoms with Crippen molar-refractivity contribution >= 4 is 23.5 Å². The summed E-state index contributed by atoms with van der Waals surface area (Å²) in [6, 6.07) is 0. The van der Waals surface area contributed by atoms with E-state index in [1.807, 2.05) is 6.92 Å². The van der Waals surface area contributed by atoms with Crippen molar-refractivity contribution in [1.82, 2.24) is 15.0 Å². The van der Waals surface area contributed by atoms with Crippen molar-refractivity contribution in [2.75, 3.05) is 30.3 Å². The Hall–Kier alpha value is -1.14. The Kier molecular flexibility index (Phi) is 7.36. The molecule has 0 aliphatic rings. The van der Waals surface area contributed by atoms with Crippen molar-refractivity contribution in [3.8, 4) is 0 Å². The zero-order chi connectivity index (χ0) is 13.2. The smallest absolute Gasteiger partial charge is 0.228 e. The van der Waals surface area contributed by atoms with Crippen LogP contribution in [0.2, 0.25) is 5.28 Å². The van der Waals surface area contributed by atoms with Crippen molar-refractivity contribution in [3.63, 3.8) is 0 Å². The highest BCUT2D eigenvalue weighted by molar-refractivity contribution is 6.28. The minimum absolute atomic E-state index is 0.184. The highest BCUT2D eigenvalue weighted by Gasteiger charge is 2.03. The summed E-state index contributed by atoms with van der Waals surface area (Å²) < 4.78 is 0. The Morgan fingerprint density at radius 3 is 2.33 bits per heavy atom. The van der Waals surface area contributed by atoms with E-state index in [2.05, 4.69) is 25.6 Å². The van der Waals surface area contributed by atoms with Crippen molar-refractivity contribution in [2.45, 2.75) is 32.6 Å². The van der Waals surface area contributed by atoms with Gasteiger partial charge in [-0.2, -0.15) is 15.0 Å². The van der Waals surface area contributed by atoms with E-state index in [1.54, 1.807) is 0 Å². The highest BCUT2D eigenvalue weighted by Crippen LogP contribution is 2.09. The first kappa shape index (κ1) is 14.9. The predicted molar refractivity (Wildman–Crippen MR) is 73.0 cm³/mol. The maximum Gasteiger partial charge on any atom is 0.228 e. The molecule has 0 spiro atoms. The third kappa shape index (κ3) is 5.97. The van der Waals surface area contributed by atoms with Crippen LogP contribution in [0.25, 0.3) is 0 Å². The quantitative estimate of drug-likeness (QED) is 0.596. The van der Waals surface area contributed by atoms with Crippen LogP contribution in [0.4, 0.5) is 11.9 Å². The number of anilines is 2. The van der Waals surface area contributed by atoms with Gasteiger partial charge in [-0.1, -0.05) is 12.8 Å². The van der Waals surface area contributed by atoms with Gasteiger partial charge in [0.1, 0.15) is 0 Å². The number of aromatic nitrogens is 3. The summed E-state index contributed by atoms with van der Waals surface area (Å²) in [4.78, 5) is 12.1. The molecular formula is C11H20ClN5O. The summed E-state index contributed by atoms with van der Waals surface area (Å²) in [6.45, 7) is 3.76. The van der Waals surface area contributed by atoms with Crippen molar-refractivity contribution in [2.24, 2.45) is 0 Å². The molecule has 1 rings (SSSR count). The fraction of sp³-hybridized carbons (Fsp3) is 0.727. The Morgan fingerprint density at radius 1 is 1.00 bits per heavy atom. The van der Waals surface area contributed by atoms with Crippen LogP contribution in [0, 0.1) is 0 Å². The van der Waals surface area contributed by atoms with Gasteiger partial charge < -0.3 is 15.7 Å². The molecule has 0 amide bonds. The van der Waals surface area contributed by atoms with Gasteiger partial charge in [-0.25, -0.2) is 0 Å². The fourth-order valence-electron chi connectivity index (χ4n) is 1.46. The first-order valence-corrected chi connectivity index (χ1v) is 6.64.